The van der Waals surface area contributed by atoms with Gasteiger partial charge in [-0.3, -0.25) is 4.98 Å². The van der Waals surface area contributed by atoms with Gasteiger partial charge in [0.05, 0.1) is 5.69 Å². The molecule has 96 valence electrons. The van der Waals surface area contributed by atoms with Crippen molar-refractivity contribution in [3.05, 3.63) is 49.1 Å². The molecule has 3 aromatic rings. The van der Waals surface area contributed by atoms with E-state index in [9.17, 15) is 0 Å². The van der Waals surface area contributed by atoms with Crippen molar-refractivity contribution in [1.82, 2.24) is 14.5 Å². The molecule has 19 heavy (non-hydrogen) atoms. The van der Waals surface area contributed by atoms with Gasteiger partial charge in [-0.15, -0.1) is 0 Å². The summed E-state index contributed by atoms with van der Waals surface area (Å²) in [4.78, 5) is 8.56. The summed E-state index contributed by atoms with van der Waals surface area (Å²) in [6.07, 6.45) is 7.48. The lowest BCUT2D eigenvalue weighted by Gasteiger charge is -2.14. The minimum Gasteiger partial charge on any atom is -0.325 e. The second kappa shape index (κ2) is 4.72. The topological polar surface area (TPSA) is 42.7 Å². The van der Waals surface area contributed by atoms with E-state index < -0.39 is 0 Å². The lowest BCUT2D eigenvalue weighted by Crippen LogP contribution is -2.05. The molecule has 4 heteroatoms. The smallest absolute Gasteiger partial charge is 0.207 e. The Morgan fingerprint density at radius 1 is 1.16 bits per heavy atom. The lowest BCUT2D eigenvalue weighted by atomic mass is 10.1. The first-order valence-electron chi connectivity index (χ1n) is 6.38. The number of hydrogen-bond donors (Lipinski definition) is 1. The van der Waals surface area contributed by atoms with Gasteiger partial charge in [-0.1, -0.05) is 12.1 Å². The maximum absolute atomic E-state index is 4.37. The predicted molar refractivity (Wildman–Crippen MR) is 77.6 cm³/mol. The Kier molecular flexibility index (Phi) is 2.91. The fraction of sp³-hybridized carbons (Fsp3) is 0.200. The van der Waals surface area contributed by atoms with Crippen molar-refractivity contribution in [1.29, 1.82) is 0 Å². The molecule has 0 aliphatic rings. The van der Waals surface area contributed by atoms with Crippen LogP contribution >= 0.6 is 0 Å². The number of nitrogens with one attached hydrogen (secondary N) is 1. The van der Waals surface area contributed by atoms with Crippen LogP contribution in [0.4, 0.5) is 11.6 Å². The Labute approximate surface area is 112 Å². The molecule has 0 aliphatic heterocycles. The average molecular weight is 252 g/mol. The molecule has 0 amide bonds. The Morgan fingerprint density at radius 2 is 2.05 bits per heavy atom. The quantitative estimate of drug-likeness (QED) is 0.771. The van der Waals surface area contributed by atoms with Gasteiger partial charge >= 0.3 is 0 Å². The number of fused-ring (bicyclic) bond motifs is 1. The van der Waals surface area contributed by atoms with Crippen LogP contribution in [0.1, 0.15) is 19.9 Å². The molecule has 3 rings (SSSR count). The van der Waals surface area contributed by atoms with Crippen LogP contribution in [-0.2, 0) is 0 Å². The fourth-order valence-electron chi connectivity index (χ4n) is 2.17. The van der Waals surface area contributed by atoms with Crippen LogP contribution in [0.15, 0.2) is 49.1 Å². The van der Waals surface area contributed by atoms with Crippen molar-refractivity contribution in [3.8, 4) is 0 Å². The number of benzene rings is 1. The molecule has 0 saturated carbocycles. The number of imidazole rings is 1. The molecule has 2 aromatic heterocycles. The highest BCUT2D eigenvalue weighted by Crippen LogP contribution is 2.25. The van der Waals surface area contributed by atoms with Crippen molar-refractivity contribution >= 4 is 22.4 Å². The van der Waals surface area contributed by atoms with E-state index in [0.717, 1.165) is 17.0 Å². The number of aromatic nitrogens is 3. The Morgan fingerprint density at radius 3 is 2.89 bits per heavy atom. The van der Waals surface area contributed by atoms with Gasteiger partial charge in [-0.25, -0.2) is 4.98 Å². The first-order chi connectivity index (χ1) is 9.25. The highest BCUT2D eigenvalue weighted by Gasteiger charge is 2.07. The van der Waals surface area contributed by atoms with E-state index in [4.69, 9.17) is 0 Å². The third-order valence-electron chi connectivity index (χ3n) is 3.16. The number of anilines is 2. The molecule has 0 unspecified atom stereocenters. The summed E-state index contributed by atoms with van der Waals surface area (Å²) in [6.45, 7) is 4.27. The second-order valence-corrected chi connectivity index (χ2v) is 4.78. The molecular formula is C15H16N4. The van der Waals surface area contributed by atoms with Crippen molar-refractivity contribution in [2.24, 2.45) is 0 Å². The van der Waals surface area contributed by atoms with Crippen LogP contribution in [0, 0.1) is 0 Å². The molecule has 0 spiro atoms. The zero-order chi connectivity index (χ0) is 13.2. The number of pyridine rings is 1. The molecule has 0 aliphatic carbocycles. The molecule has 0 radical (unpaired) electrons. The van der Waals surface area contributed by atoms with Gasteiger partial charge in [0, 0.05) is 36.2 Å². The van der Waals surface area contributed by atoms with E-state index in [2.05, 4.69) is 39.8 Å². The predicted octanol–water partition coefficient (Wildman–Crippen LogP) is 3.76. The van der Waals surface area contributed by atoms with Crippen LogP contribution in [0.5, 0.6) is 0 Å². The van der Waals surface area contributed by atoms with E-state index >= 15 is 0 Å². The van der Waals surface area contributed by atoms with Gasteiger partial charge in [0.25, 0.3) is 0 Å². The lowest BCUT2D eigenvalue weighted by molar-refractivity contribution is 0.608. The largest absolute Gasteiger partial charge is 0.325 e. The van der Waals surface area contributed by atoms with Crippen LogP contribution < -0.4 is 5.32 Å². The molecule has 1 aromatic carbocycles. The van der Waals surface area contributed by atoms with Gasteiger partial charge in [-0.2, -0.15) is 0 Å². The molecule has 0 atom stereocenters. The third-order valence-corrected chi connectivity index (χ3v) is 3.16. The van der Waals surface area contributed by atoms with Gasteiger partial charge < -0.3 is 9.88 Å². The first kappa shape index (κ1) is 11.7. The van der Waals surface area contributed by atoms with Crippen molar-refractivity contribution < 1.29 is 0 Å². The van der Waals surface area contributed by atoms with Crippen LogP contribution in [0.25, 0.3) is 10.8 Å². The van der Waals surface area contributed by atoms with Crippen LogP contribution in [-0.4, -0.2) is 14.5 Å². The van der Waals surface area contributed by atoms with Gasteiger partial charge in [-0.05, 0) is 31.4 Å². The molecule has 2 heterocycles. The standard InChI is InChI=1S/C15H16N4/c1-11(2)19-9-8-17-15(19)18-14-5-3-4-12-6-7-16-10-13(12)14/h3-11H,1-2H3,(H,17,18). The summed E-state index contributed by atoms with van der Waals surface area (Å²) in [5.41, 5.74) is 1.03. The van der Waals surface area contributed by atoms with Crippen LogP contribution in [0.3, 0.4) is 0 Å². The van der Waals surface area contributed by atoms with Crippen molar-refractivity contribution in [3.63, 3.8) is 0 Å². The molecule has 1 N–H and O–H groups in total. The second-order valence-electron chi connectivity index (χ2n) is 4.78. The van der Waals surface area contributed by atoms with E-state index in [1.165, 1.54) is 5.39 Å². The van der Waals surface area contributed by atoms with Crippen molar-refractivity contribution in [2.75, 3.05) is 5.32 Å². The number of hydrogen-bond acceptors (Lipinski definition) is 3. The Bertz CT molecular complexity index is 695. The first-order valence-corrected chi connectivity index (χ1v) is 6.38. The van der Waals surface area contributed by atoms with Crippen LogP contribution in [0.2, 0.25) is 0 Å². The Balaban J connectivity index is 2.04. The number of rotatable bonds is 3. The van der Waals surface area contributed by atoms with E-state index in [-0.39, 0.29) is 0 Å². The summed E-state index contributed by atoms with van der Waals surface area (Å²) < 4.78 is 2.11. The maximum atomic E-state index is 4.37. The summed E-state index contributed by atoms with van der Waals surface area (Å²) in [6, 6.07) is 8.54. The maximum Gasteiger partial charge on any atom is 0.207 e. The fourth-order valence-corrected chi connectivity index (χ4v) is 2.17. The minimum absolute atomic E-state index is 0.373. The molecule has 0 bridgehead atoms. The molecule has 4 nitrogen and oxygen atoms in total. The van der Waals surface area contributed by atoms with Gasteiger partial charge in [0.15, 0.2) is 0 Å². The summed E-state index contributed by atoms with van der Waals surface area (Å²) in [5.74, 6) is 0.853. The number of nitrogens with zero attached hydrogens (tertiary/aromatic N) is 3. The molecule has 0 saturated heterocycles. The minimum atomic E-state index is 0.373. The normalized spacial score (nSPS) is 11.1. The van der Waals surface area contributed by atoms with E-state index in [0.29, 0.717) is 6.04 Å². The van der Waals surface area contributed by atoms with Crippen molar-refractivity contribution in [2.45, 2.75) is 19.9 Å². The highest BCUT2D eigenvalue weighted by molar-refractivity contribution is 5.94. The zero-order valence-corrected chi connectivity index (χ0v) is 11.0. The van der Waals surface area contributed by atoms with E-state index in [1.807, 2.05) is 36.8 Å². The summed E-state index contributed by atoms with van der Waals surface area (Å²) >= 11 is 0. The molecular weight excluding hydrogens is 236 g/mol. The monoisotopic (exact) mass is 252 g/mol. The summed E-state index contributed by atoms with van der Waals surface area (Å²) in [5, 5.41) is 5.66. The third kappa shape index (κ3) is 2.17. The van der Waals surface area contributed by atoms with Gasteiger partial charge in [0.1, 0.15) is 0 Å². The van der Waals surface area contributed by atoms with Gasteiger partial charge in [0.2, 0.25) is 5.95 Å². The average Bonchev–Trinajstić information content (AvgIpc) is 2.87. The highest BCUT2D eigenvalue weighted by atomic mass is 15.2. The van der Waals surface area contributed by atoms with E-state index in [1.54, 1.807) is 6.20 Å². The SMILES string of the molecule is CC(C)n1ccnc1Nc1cccc2ccncc12. The summed E-state index contributed by atoms with van der Waals surface area (Å²) in [7, 11) is 0. The molecule has 0 fully saturated rings. The zero-order valence-electron chi connectivity index (χ0n) is 11.0. The Hall–Kier alpha value is -2.36.